The second kappa shape index (κ2) is 12.2. The molecule has 3 rings (SSSR count). The summed E-state index contributed by atoms with van der Waals surface area (Å²) in [5.41, 5.74) is -5.31. The molecule has 230 valence electrons. The summed E-state index contributed by atoms with van der Waals surface area (Å²) >= 11 is 0. The fraction of sp³-hybridized carbons (Fsp3) is 0.407. The molecule has 2 aromatic carbocycles. The van der Waals surface area contributed by atoms with Crippen molar-refractivity contribution in [3.05, 3.63) is 82.9 Å². The van der Waals surface area contributed by atoms with Gasteiger partial charge in [0.25, 0.3) is 5.91 Å². The Morgan fingerprint density at radius 2 is 1.43 bits per heavy atom. The van der Waals surface area contributed by atoms with Crippen molar-refractivity contribution in [2.45, 2.75) is 65.5 Å². The number of hydrogen-bond acceptors (Lipinski definition) is 6. The van der Waals surface area contributed by atoms with E-state index in [0.29, 0.717) is 11.0 Å². The molecule has 1 aromatic heterocycles. The van der Waals surface area contributed by atoms with E-state index in [2.05, 4.69) is 5.10 Å². The van der Waals surface area contributed by atoms with Gasteiger partial charge < -0.3 is 0 Å². The summed E-state index contributed by atoms with van der Waals surface area (Å²) in [6.07, 6.45) is -2.85. The molecule has 15 heteroatoms. The molecule has 1 amide bonds. The number of phosphoric acid groups is 1. The van der Waals surface area contributed by atoms with Gasteiger partial charge in [0, 0.05) is 11.8 Å². The summed E-state index contributed by atoms with van der Waals surface area (Å²) in [6.45, 7) is 7.72. The summed E-state index contributed by atoms with van der Waals surface area (Å²) in [5.74, 6) is -4.89. The fourth-order valence-electron chi connectivity index (χ4n) is 3.68. The van der Waals surface area contributed by atoms with Crippen LogP contribution in [0.3, 0.4) is 0 Å². The lowest BCUT2D eigenvalue weighted by Crippen LogP contribution is -2.35. The highest BCUT2D eigenvalue weighted by molar-refractivity contribution is 7.48. The van der Waals surface area contributed by atoms with Gasteiger partial charge in [-0.3, -0.25) is 27.9 Å². The first kappa shape index (κ1) is 33.3. The number of anilines is 1. The van der Waals surface area contributed by atoms with Crippen LogP contribution in [-0.2, 0) is 30.9 Å². The molecule has 8 nitrogen and oxygen atoms in total. The molecule has 0 saturated heterocycles. The van der Waals surface area contributed by atoms with Crippen LogP contribution in [0.25, 0.3) is 0 Å². The second-order valence-corrected chi connectivity index (χ2v) is 12.6. The number of hydrogen-bond donors (Lipinski definition) is 0. The van der Waals surface area contributed by atoms with Gasteiger partial charge in [-0.25, -0.2) is 17.7 Å². The molecule has 0 spiro atoms. The van der Waals surface area contributed by atoms with E-state index in [4.69, 9.17) is 13.6 Å². The third-order valence-electron chi connectivity index (χ3n) is 5.21. The van der Waals surface area contributed by atoms with E-state index < -0.39 is 78.5 Å². The van der Waals surface area contributed by atoms with E-state index in [1.54, 1.807) is 41.5 Å². The van der Waals surface area contributed by atoms with Gasteiger partial charge >= 0.3 is 14.0 Å². The van der Waals surface area contributed by atoms with E-state index in [1.807, 2.05) is 0 Å². The number of aromatic nitrogens is 2. The maximum absolute atomic E-state index is 14.6. The number of rotatable bonds is 9. The maximum Gasteiger partial charge on any atom is 0.477 e. The highest BCUT2D eigenvalue weighted by atomic mass is 31.2. The summed E-state index contributed by atoms with van der Waals surface area (Å²) < 4.78 is 115. The number of alkyl halides is 3. The average Bonchev–Trinajstić information content (AvgIpc) is 3.25. The van der Waals surface area contributed by atoms with Crippen LogP contribution in [0.15, 0.2) is 48.8 Å². The van der Waals surface area contributed by atoms with E-state index in [1.165, 1.54) is 0 Å². The van der Waals surface area contributed by atoms with E-state index in [9.17, 15) is 35.7 Å². The summed E-state index contributed by atoms with van der Waals surface area (Å²) in [4.78, 5) is 14.1. The molecule has 0 saturated carbocycles. The smallest absolute Gasteiger partial charge is 0.281 e. The van der Waals surface area contributed by atoms with Gasteiger partial charge in [0.1, 0.15) is 29.7 Å². The zero-order valence-electron chi connectivity index (χ0n) is 23.6. The van der Waals surface area contributed by atoms with Crippen LogP contribution in [0, 0.1) is 17.5 Å². The Morgan fingerprint density at radius 1 is 0.905 bits per heavy atom. The van der Waals surface area contributed by atoms with Gasteiger partial charge in [-0.05, 0) is 65.8 Å². The lowest BCUT2D eigenvalue weighted by molar-refractivity contribution is -0.138. The molecule has 0 unspecified atom stereocenters. The number of amides is 1. The van der Waals surface area contributed by atoms with Gasteiger partial charge in [-0.2, -0.15) is 18.3 Å². The van der Waals surface area contributed by atoms with Gasteiger partial charge in [0.05, 0.1) is 35.2 Å². The Bertz CT molecular complexity index is 1440. The standard InChI is InChI=1S/C27H30F6N3O5P/c1-25(2,3)40-42(38,41-26(4,5)6)39-16-36(24(37)23-21(29)11-8-12-22(23)30)17-13-34-35(14-17)15-18-19(27(31,32)33)9-7-10-20(18)28/h7-14H,15-16H2,1-6H3. The third kappa shape index (κ3) is 8.66. The minimum absolute atomic E-state index is 0.231. The van der Waals surface area contributed by atoms with Crippen molar-refractivity contribution in [2.24, 2.45) is 0 Å². The Labute approximate surface area is 238 Å². The lowest BCUT2D eigenvalue weighted by atomic mass is 10.1. The normalized spacial score (nSPS) is 13.0. The molecule has 0 bridgehead atoms. The molecule has 42 heavy (non-hydrogen) atoms. The highest BCUT2D eigenvalue weighted by Gasteiger charge is 2.39. The lowest BCUT2D eigenvalue weighted by Gasteiger charge is -2.32. The minimum Gasteiger partial charge on any atom is -0.281 e. The molecule has 0 fully saturated rings. The fourth-order valence-corrected chi connectivity index (χ4v) is 5.42. The molecule has 0 aliphatic carbocycles. The predicted octanol–water partition coefficient (Wildman–Crippen LogP) is 7.73. The van der Waals surface area contributed by atoms with Crippen LogP contribution in [-0.4, -0.2) is 33.6 Å². The van der Waals surface area contributed by atoms with E-state index in [0.717, 1.165) is 47.4 Å². The Morgan fingerprint density at radius 3 is 1.95 bits per heavy atom. The number of halogens is 6. The Kier molecular flexibility index (Phi) is 9.67. The largest absolute Gasteiger partial charge is 0.477 e. The minimum atomic E-state index is -4.87. The first-order valence-electron chi connectivity index (χ1n) is 12.5. The van der Waals surface area contributed by atoms with Crippen molar-refractivity contribution in [1.29, 1.82) is 0 Å². The zero-order valence-corrected chi connectivity index (χ0v) is 24.5. The predicted molar refractivity (Wildman–Crippen MR) is 141 cm³/mol. The van der Waals surface area contributed by atoms with Crippen molar-refractivity contribution in [2.75, 3.05) is 11.6 Å². The second-order valence-electron chi connectivity index (χ2n) is 11.1. The SMILES string of the molecule is CC(C)(C)OP(=O)(OCN(C(=O)c1c(F)cccc1F)c1cnn(Cc2c(F)cccc2C(F)(F)F)c1)OC(C)(C)C. The average molecular weight is 622 g/mol. The molecule has 0 N–H and O–H groups in total. The highest BCUT2D eigenvalue weighted by Crippen LogP contribution is 2.55. The van der Waals surface area contributed by atoms with Crippen molar-refractivity contribution in [3.8, 4) is 0 Å². The monoisotopic (exact) mass is 621 g/mol. The van der Waals surface area contributed by atoms with Crippen LogP contribution in [0.2, 0.25) is 0 Å². The van der Waals surface area contributed by atoms with Crippen molar-refractivity contribution < 1.29 is 49.3 Å². The van der Waals surface area contributed by atoms with Gasteiger partial charge in [0.2, 0.25) is 0 Å². The van der Waals surface area contributed by atoms with Crippen LogP contribution in [0.5, 0.6) is 0 Å². The number of carbonyl (C=O) groups is 1. The Hall–Kier alpha value is -3.19. The Balaban J connectivity index is 2.04. The molecule has 0 radical (unpaired) electrons. The molecular formula is C27H30F6N3O5P. The van der Waals surface area contributed by atoms with Crippen LogP contribution < -0.4 is 4.90 Å². The topological polar surface area (TPSA) is 82.9 Å². The molecule has 3 aromatic rings. The van der Waals surface area contributed by atoms with Gasteiger partial charge in [0.15, 0.2) is 0 Å². The maximum atomic E-state index is 14.6. The number of nitrogens with zero attached hydrogens (tertiary/aromatic N) is 3. The number of benzene rings is 2. The van der Waals surface area contributed by atoms with Crippen molar-refractivity contribution >= 4 is 19.4 Å². The van der Waals surface area contributed by atoms with Crippen LogP contribution in [0.1, 0.15) is 63.0 Å². The summed E-state index contributed by atoms with van der Waals surface area (Å²) in [7, 11) is -4.45. The number of carbonyl (C=O) groups excluding carboxylic acids is 1. The van der Waals surface area contributed by atoms with Crippen LogP contribution >= 0.6 is 7.82 Å². The molecular weight excluding hydrogens is 591 g/mol. The first-order valence-corrected chi connectivity index (χ1v) is 13.9. The van der Waals surface area contributed by atoms with Gasteiger partial charge in [-0.1, -0.05) is 12.1 Å². The van der Waals surface area contributed by atoms with Gasteiger partial charge in [-0.15, -0.1) is 0 Å². The third-order valence-corrected chi connectivity index (χ3v) is 7.19. The quantitative estimate of drug-likeness (QED) is 0.138. The molecule has 0 atom stereocenters. The van der Waals surface area contributed by atoms with Crippen molar-refractivity contribution in [1.82, 2.24) is 9.78 Å². The number of phosphoric ester groups is 1. The van der Waals surface area contributed by atoms with E-state index >= 15 is 0 Å². The molecule has 0 aliphatic rings. The molecule has 1 heterocycles. The van der Waals surface area contributed by atoms with E-state index in [-0.39, 0.29) is 5.69 Å². The van der Waals surface area contributed by atoms with Crippen molar-refractivity contribution in [3.63, 3.8) is 0 Å². The zero-order chi connectivity index (χ0) is 31.7. The van der Waals surface area contributed by atoms with Crippen LogP contribution in [0.4, 0.5) is 32.0 Å². The summed E-state index contributed by atoms with van der Waals surface area (Å²) in [5, 5.41) is 3.89. The summed E-state index contributed by atoms with van der Waals surface area (Å²) in [6, 6.07) is 5.18. The first-order chi connectivity index (χ1) is 19.2. The molecule has 0 aliphatic heterocycles.